The van der Waals surface area contributed by atoms with Crippen molar-refractivity contribution >= 4 is 10.0 Å². The second kappa shape index (κ2) is 7.06. The highest BCUT2D eigenvalue weighted by atomic mass is 32.2. The monoisotopic (exact) mass is 328 g/mol. The summed E-state index contributed by atoms with van der Waals surface area (Å²) in [5.41, 5.74) is 0.719. The third-order valence-electron chi connectivity index (χ3n) is 4.13. The summed E-state index contributed by atoms with van der Waals surface area (Å²) in [5.74, 6) is -0.341. The maximum absolute atomic E-state index is 14.0. The van der Waals surface area contributed by atoms with Crippen molar-refractivity contribution in [2.75, 3.05) is 33.2 Å². The number of rotatable bonds is 6. The highest BCUT2D eigenvalue weighted by Gasteiger charge is 2.34. The van der Waals surface area contributed by atoms with E-state index in [4.69, 9.17) is 0 Å². The van der Waals surface area contributed by atoms with Crippen LogP contribution in [0.25, 0.3) is 0 Å². The molecule has 1 fully saturated rings. The molecule has 1 atom stereocenters. The molecule has 6 heteroatoms. The number of halogens is 1. The number of aryl methyl sites for hydroxylation is 1. The molecule has 22 heavy (non-hydrogen) atoms. The molecule has 124 valence electrons. The zero-order valence-electron chi connectivity index (χ0n) is 13.5. The second-order valence-electron chi connectivity index (χ2n) is 6.21. The fourth-order valence-corrected chi connectivity index (χ4v) is 4.61. The molecule has 0 saturated carbocycles. The molecule has 0 bridgehead atoms. The molecule has 1 aliphatic rings. The van der Waals surface area contributed by atoms with Crippen LogP contribution >= 0.6 is 0 Å². The van der Waals surface area contributed by atoms with Crippen LogP contribution in [0.3, 0.4) is 0 Å². The van der Waals surface area contributed by atoms with E-state index in [9.17, 15) is 12.8 Å². The van der Waals surface area contributed by atoms with Crippen molar-refractivity contribution in [3.63, 3.8) is 0 Å². The SMILES string of the molecule is CCCN(C)C[C@@H]1CCN(S(=O)(=O)c2ccc(C)cc2F)C1. The first kappa shape index (κ1) is 17.4. The molecule has 0 unspecified atom stereocenters. The van der Waals surface area contributed by atoms with Gasteiger partial charge in [-0.3, -0.25) is 0 Å². The van der Waals surface area contributed by atoms with Gasteiger partial charge < -0.3 is 4.90 Å². The third-order valence-corrected chi connectivity index (χ3v) is 6.03. The van der Waals surface area contributed by atoms with E-state index >= 15 is 0 Å². The van der Waals surface area contributed by atoms with E-state index in [0.717, 1.165) is 31.5 Å². The molecule has 1 aliphatic heterocycles. The second-order valence-corrected chi connectivity index (χ2v) is 8.12. The Kier molecular flexibility index (Phi) is 5.58. The molecule has 2 rings (SSSR count). The lowest BCUT2D eigenvalue weighted by Crippen LogP contribution is -2.32. The van der Waals surface area contributed by atoms with Gasteiger partial charge in [-0.15, -0.1) is 0 Å². The first-order valence-electron chi connectivity index (χ1n) is 7.79. The van der Waals surface area contributed by atoms with Crippen LogP contribution in [0.4, 0.5) is 4.39 Å². The minimum atomic E-state index is -3.73. The fraction of sp³-hybridized carbons (Fsp3) is 0.625. The van der Waals surface area contributed by atoms with Crippen molar-refractivity contribution in [2.24, 2.45) is 5.92 Å². The smallest absolute Gasteiger partial charge is 0.245 e. The predicted octanol–water partition coefficient (Wildman–Crippen LogP) is 2.49. The minimum absolute atomic E-state index is 0.208. The van der Waals surface area contributed by atoms with Crippen molar-refractivity contribution in [3.8, 4) is 0 Å². The molecule has 0 aromatic heterocycles. The number of hydrogen-bond donors (Lipinski definition) is 0. The molecular weight excluding hydrogens is 303 g/mol. The van der Waals surface area contributed by atoms with Gasteiger partial charge in [-0.05, 0) is 57.0 Å². The molecule has 1 saturated heterocycles. The number of hydrogen-bond acceptors (Lipinski definition) is 3. The Morgan fingerprint density at radius 1 is 1.41 bits per heavy atom. The normalized spacial score (nSPS) is 20.0. The van der Waals surface area contributed by atoms with Gasteiger partial charge in [0.25, 0.3) is 0 Å². The van der Waals surface area contributed by atoms with E-state index in [1.165, 1.54) is 16.4 Å². The quantitative estimate of drug-likeness (QED) is 0.805. The van der Waals surface area contributed by atoms with E-state index in [0.29, 0.717) is 19.0 Å². The van der Waals surface area contributed by atoms with Crippen LogP contribution in [-0.2, 0) is 10.0 Å². The van der Waals surface area contributed by atoms with Crippen LogP contribution in [0, 0.1) is 18.7 Å². The van der Waals surface area contributed by atoms with Crippen molar-refractivity contribution in [2.45, 2.75) is 31.6 Å². The van der Waals surface area contributed by atoms with Gasteiger partial charge in [0.1, 0.15) is 10.7 Å². The van der Waals surface area contributed by atoms with Crippen molar-refractivity contribution in [1.29, 1.82) is 0 Å². The number of sulfonamides is 1. The van der Waals surface area contributed by atoms with Gasteiger partial charge in [-0.25, -0.2) is 12.8 Å². The lowest BCUT2D eigenvalue weighted by molar-refractivity contribution is 0.281. The lowest BCUT2D eigenvalue weighted by atomic mass is 10.1. The summed E-state index contributed by atoms with van der Waals surface area (Å²) in [4.78, 5) is 2.02. The number of benzene rings is 1. The highest BCUT2D eigenvalue weighted by molar-refractivity contribution is 7.89. The largest absolute Gasteiger partial charge is 0.306 e. The van der Waals surface area contributed by atoms with Gasteiger partial charge in [0.05, 0.1) is 0 Å². The zero-order chi connectivity index (χ0) is 16.3. The van der Waals surface area contributed by atoms with Crippen LogP contribution in [0.2, 0.25) is 0 Å². The van der Waals surface area contributed by atoms with Gasteiger partial charge in [0, 0.05) is 19.6 Å². The average molecular weight is 328 g/mol. The Morgan fingerprint density at radius 3 is 2.77 bits per heavy atom. The van der Waals surface area contributed by atoms with Gasteiger partial charge in [0.15, 0.2) is 0 Å². The first-order valence-corrected chi connectivity index (χ1v) is 9.23. The van der Waals surface area contributed by atoms with Crippen molar-refractivity contribution < 1.29 is 12.8 Å². The van der Waals surface area contributed by atoms with Gasteiger partial charge in [0.2, 0.25) is 10.0 Å². The zero-order valence-corrected chi connectivity index (χ0v) is 14.4. The van der Waals surface area contributed by atoms with Gasteiger partial charge in [-0.1, -0.05) is 13.0 Å². The molecular formula is C16H25FN2O2S. The topological polar surface area (TPSA) is 40.6 Å². The Morgan fingerprint density at radius 2 is 2.14 bits per heavy atom. The van der Waals surface area contributed by atoms with Crippen LogP contribution in [0.1, 0.15) is 25.3 Å². The van der Waals surface area contributed by atoms with Crippen molar-refractivity contribution in [3.05, 3.63) is 29.6 Å². The van der Waals surface area contributed by atoms with Crippen molar-refractivity contribution in [1.82, 2.24) is 9.21 Å². The van der Waals surface area contributed by atoms with E-state index in [-0.39, 0.29) is 4.90 Å². The molecule has 1 aromatic carbocycles. The van der Waals surface area contributed by atoms with Crippen LogP contribution in [-0.4, -0.2) is 50.8 Å². The van der Waals surface area contributed by atoms with Crippen LogP contribution in [0.5, 0.6) is 0 Å². The standard InChI is InChI=1S/C16H25FN2O2S/c1-4-8-18(3)11-14-7-9-19(12-14)22(20,21)16-6-5-13(2)10-15(16)17/h5-6,10,14H,4,7-9,11-12H2,1-3H3/t14-/m0/s1. The van der Waals surface area contributed by atoms with E-state index in [1.807, 2.05) is 0 Å². The first-order chi connectivity index (χ1) is 10.3. The summed E-state index contributed by atoms with van der Waals surface area (Å²) >= 11 is 0. The summed E-state index contributed by atoms with van der Waals surface area (Å²) in [6, 6.07) is 4.28. The summed E-state index contributed by atoms with van der Waals surface area (Å²) in [6.07, 6.45) is 1.92. The third kappa shape index (κ3) is 3.86. The molecule has 4 nitrogen and oxygen atoms in total. The van der Waals surface area contributed by atoms with E-state index in [2.05, 4.69) is 18.9 Å². The fourth-order valence-electron chi connectivity index (χ4n) is 3.03. The number of nitrogens with zero attached hydrogens (tertiary/aromatic N) is 2. The predicted molar refractivity (Wildman–Crippen MR) is 85.8 cm³/mol. The Hall–Kier alpha value is -0.980. The molecule has 0 amide bonds. The van der Waals surface area contributed by atoms with E-state index in [1.54, 1.807) is 13.0 Å². The van der Waals surface area contributed by atoms with Crippen LogP contribution < -0.4 is 0 Å². The summed E-state index contributed by atoms with van der Waals surface area (Å²) in [7, 11) is -1.67. The van der Waals surface area contributed by atoms with Gasteiger partial charge in [-0.2, -0.15) is 4.31 Å². The molecule has 0 N–H and O–H groups in total. The molecule has 1 heterocycles. The Bertz CT molecular complexity index is 619. The molecule has 1 aromatic rings. The molecule has 0 spiro atoms. The average Bonchev–Trinajstić information content (AvgIpc) is 2.87. The summed E-state index contributed by atoms with van der Waals surface area (Å²) in [6.45, 7) is 6.72. The lowest BCUT2D eigenvalue weighted by Gasteiger charge is -2.21. The molecule has 0 radical (unpaired) electrons. The maximum Gasteiger partial charge on any atom is 0.245 e. The van der Waals surface area contributed by atoms with E-state index < -0.39 is 15.8 Å². The summed E-state index contributed by atoms with van der Waals surface area (Å²) in [5, 5.41) is 0. The van der Waals surface area contributed by atoms with Crippen LogP contribution in [0.15, 0.2) is 23.1 Å². The maximum atomic E-state index is 14.0. The Balaban J connectivity index is 2.08. The summed E-state index contributed by atoms with van der Waals surface area (Å²) < 4.78 is 40.6. The Labute approximate surface area is 133 Å². The molecule has 0 aliphatic carbocycles. The minimum Gasteiger partial charge on any atom is -0.306 e. The highest BCUT2D eigenvalue weighted by Crippen LogP contribution is 2.26. The van der Waals surface area contributed by atoms with Gasteiger partial charge >= 0.3 is 0 Å².